The number of aliphatic hydroxyl groups is 1. The van der Waals surface area contributed by atoms with Crippen molar-refractivity contribution < 1.29 is 19.8 Å². The standard InChI is InChI=1S/C28H23NO4/c1-28(19-8-14-22(30)15-9-19,20-10-16-23(31)17-11-20)18-6-12-21(13-7-18)29-26(32)24-4-2-3-5-25(24)27(29)33/h2-10,12-17,20,30-31H,11H2,1H3. The van der Waals surface area contributed by atoms with E-state index in [4.69, 9.17) is 0 Å². The minimum Gasteiger partial charge on any atom is -0.508 e. The third-order valence-electron chi connectivity index (χ3n) is 6.81. The Morgan fingerprint density at radius 2 is 1.36 bits per heavy atom. The van der Waals surface area contributed by atoms with Crippen LogP contribution in [0.4, 0.5) is 5.69 Å². The van der Waals surface area contributed by atoms with E-state index in [-0.39, 0.29) is 29.2 Å². The number of imide groups is 1. The second-order valence-corrected chi connectivity index (χ2v) is 8.62. The zero-order valence-corrected chi connectivity index (χ0v) is 18.1. The Kier molecular flexibility index (Phi) is 4.90. The molecule has 3 aromatic rings. The monoisotopic (exact) mass is 437 g/mol. The molecule has 2 unspecified atom stereocenters. The van der Waals surface area contributed by atoms with E-state index in [1.807, 2.05) is 30.3 Å². The molecule has 0 saturated carbocycles. The molecule has 5 heteroatoms. The molecule has 0 fully saturated rings. The van der Waals surface area contributed by atoms with Gasteiger partial charge in [0.05, 0.1) is 16.8 Å². The summed E-state index contributed by atoms with van der Waals surface area (Å²) in [6.45, 7) is 2.13. The maximum atomic E-state index is 12.9. The van der Waals surface area contributed by atoms with Crippen molar-refractivity contribution in [1.29, 1.82) is 0 Å². The van der Waals surface area contributed by atoms with Gasteiger partial charge in [-0.1, -0.05) is 49.4 Å². The predicted molar refractivity (Wildman–Crippen MR) is 127 cm³/mol. The van der Waals surface area contributed by atoms with E-state index in [0.29, 0.717) is 23.2 Å². The Hall–Kier alpha value is -4.12. The summed E-state index contributed by atoms with van der Waals surface area (Å²) in [5, 5.41) is 19.6. The number of nitrogens with zero attached hydrogens (tertiary/aromatic N) is 1. The van der Waals surface area contributed by atoms with Gasteiger partial charge in [-0.25, -0.2) is 4.90 Å². The van der Waals surface area contributed by atoms with Crippen LogP contribution in [-0.4, -0.2) is 22.0 Å². The van der Waals surface area contributed by atoms with Gasteiger partial charge in [0.15, 0.2) is 0 Å². The molecule has 164 valence electrons. The van der Waals surface area contributed by atoms with E-state index in [2.05, 4.69) is 6.92 Å². The summed E-state index contributed by atoms with van der Waals surface area (Å²) in [4.78, 5) is 26.9. The van der Waals surface area contributed by atoms with E-state index in [0.717, 1.165) is 11.1 Å². The summed E-state index contributed by atoms with van der Waals surface area (Å²) in [6.07, 6.45) is 6.16. The second kappa shape index (κ2) is 7.78. The first-order valence-corrected chi connectivity index (χ1v) is 10.8. The number of anilines is 1. The summed E-state index contributed by atoms with van der Waals surface area (Å²) < 4.78 is 0. The molecule has 5 nitrogen and oxygen atoms in total. The van der Waals surface area contributed by atoms with Crippen LogP contribution >= 0.6 is 0 Å². The van der Waals surface area contributed by atoms with Crippen molar-refractivity contribution >= 4 is 17.5 Å². The summed E-state index contributed by atoms with van der Waals surface area (Å²) in [5.74, 6) is -0.136. The Morgan fingerprint density at radius 1 is 0.818 bits per heavy atom. The lowest BCUT2D eigenvalue weighted by molar-refractivity contribution is 0.0926. The van der Waals surface area contributed by atoms with Crippen molar-refractivity contribution in [3.8, 4) is 5.75 Å². The average Bonchev–Trinajstić information content (AvgIpc) is 3.10. The number of phenolic OH excluding ortho intramolecular Hbond substituents is 1. The first kappa shape index (κ1) is 20.8. The van der Waals surface area contributed by atoms with Crippen molar-refractivity contribution in [2.24, 2.45) is 5.92 Å². The van der Waals surface area contributed by atoms with Gasteiger partial charge in [-0.05, 0) is 72.0 Å². The van der Waals surface area contributed by atoms with Crippen molar-refractivity contribution in [3.05, 3.63) is 119 Å². The van der Waals surface area contributed by atoms with E-state index >= 15 is 0 Å². The molecule has 0 saturated heterocycles. The van der Waals surface area contributed by atoms with Gasteiger partial charge >= 0.3 is 0 Å². The molecule has 0 spiro atoms. The lowest BCUT2D eigenvalue weighted by Crippen LogP contribution is -2.33. The number of hydrogen-bond acceptors (Lipinski definition) is 4. The van der Waals surface area contributed by atoms with Crippen LogP contribution in [0.15, 0.2) is 96.8 Å². The number of allylic oxidation sites excluding steroid dienone is 3. The first-order valence-electron chi connectivity index (χ1n) is 10.8. The van der Waals surface area contributed by atoms with E-state index in [1.54, 1.807) is 60.7 Å². The highest BCUT2D eigenvalue weighted by atomic mass is 16.3. The fourth-order valence-corrected chi connectivity index (χ4v) is 4.82. The average molecular weight is 437 g/mol. The molecule has 5 rings (SSSR count). The van der Waals surface area contributed by atoms with Crippen LogP contribution < -0.4 is 4.90 Å². The Balaban J connectivity index is 1.54. The third kappa shape index (κ3) is 3.33. The number of benzene rings is 3. The summed E-state index contributed by atoms with van der Waals surface area (Å²) in [5.41, 5.74) is 2.90. The molecule has 1 aliphatic heterocycles. The number of fused-ring (bicyclic) bond motifs is 1. The predicted octanol–water partition coefficient (Wildman–Crippen LogP) is 5.52. The molecule has 1 aliphatic carbocycles. The van der Waals surface area contributed by atoms with Crippen LogP contribution in [0.1, 0.15) is 45.2 Å². The number of aliphatic hydroxyl groups excluding tert-OH is 1. The number of hydrogen-bond donors (Lipinski definition) is 2. The zero-order chi connectivity index (χ0) is 23.2. The Bertz CT molecular complexity index is 1270. The van der Waals surface area contributed by atoms with Gasteiger partial charge in [0.1, 0.15) is 11.5 Å². The van der Waals surface area contributed by atoms with E-state index in [1.165, 1.54) is 4.90 Å². The molecular weight excluding hydrogens is 414 g/mol. The van der Waals surface area contributed by atoms with Crippen LogP contribution in [0.5, 0.6) is 5.75 Å². The SMILES string of the molecule is CC(c1ccc(O)cc1)(c1ccc(N2C(=O)c3ccccc3C2=O)cc1)C1C=CC(O)=CC1. The molecule has 2 amide bonds. The fourth-order valence-electron chi connectivity index (χ4n) is 4.82. The molecule has 2 aliphatic rings. The van der Waals surface area contributed by atoms with Crippen molar-refractivity contribution in [2.75, 3.05) is 4.90 Å². The van der Waals surface area contributed by atoms with Crippen molar-refractivity contribution in [2.45, 2.75) is 18.8 Å². The molecule has 2 atom stereocenters. The highest BCUT2D eigenvalue weighted by Gasteiger charge is 2.39. The summed E-state index contributed by atoms with van der Waals surface area (Å²) >= 11 is 0. The van der Waals surface area contributed by atoms with Gasteiger partial charge in [-0.3, -0.25) is 9.59 Å². The smallest absolute Gasteiger partial charge is 0.266 e. The molecule has 0 radical (unpaired) electrons. The number of carbonyl (C=O) groups excluding carboxylic acids is 2. The second-order valence-electron chi connectivity index (χ2n) is 8.62. The minimum atomic E-state index is -0.470. The zero-order valence-electron chi connectivity index (χ0n) is 18.1. The number of rotatable bonds is 4. The number of carbonyl (C=O) groups is 2. The fraction of sp³-hybridized carbons (Fsp3) is 0.143. The van der Waals surface area contributed by atoms with Gasteiger partial charge in [0.2, 0.25) is 0 Å². The third-order valence-corrected chi connectivity index (χ3v) is 6.81. The number of aromatic hydroxyl groups is 1. The molecule has 33 heavy (non-hydrogen) atoms. The topological polar surface area (TPSA) is 77.8 Å². The van der Waals surface area contributed by atoms with Crippen LogP contribution in [0.3, 0.4) is 0 Å². The maximum Gasteiger partial charge on any atom is 0.266 e. The van der Waals surface area contributed by atoms with Crippen molar-refractivity contribution in [3.63, 3.8) is 0 Å². The molecule has 1 heterocycles. The largest absolute Gasteiger partial charge is 0.508 e. The van der Waals surface area contributed by atoms with Gasteiger partial charge < -0.3 is 10.2 Å². The maximum absolute atomic E-state index is 12.9. The number of amides is 2. The molecule has 3 aromatic carbocycles. The highest BCUT2D eigenvalue weighted by molar-refractivity contribution is 6.34. The lowest BCUT2D eigenvalue weighted by Gasteiger charge is -2.38. The lowest BCUT2D eigenvalue weighted by atomic mass is 9.65. The van der Waals surface area contributed by atoms with Gasteiger partial charge in [-0.2, -0.15) is 0 Å². The molecule has 2 N–H and O–H groups in total. The molecular formula is C28H23NO4. The first-order chi connectivity index (χ1) is 15.9. The highest BCUT2D eigenvalue weighted by Crippen LogP contribution is 2.44. The Labute approximate surface area is 191 Å². The van der Waals surface area contributed by atoms with Gasteiger partial charge in [0, 0.05) is 5.41 Å². The summed E-state index contributed by atoms with van der Waals surface area (Å²) in [6, 6.07) is 21.5. The van der Waals surface area contributed by atoms with E-state index < -0.39 is 5.41 Å². The van der Waals surface area contributed by atoms with Crippen LogP contribution in [0, 0.1) is 5.92 Å². The van der Waals surface area contributed by atoms with E-state index in [9.17, 15) is 19.8 Å². The summed E-state index contributed by atoms with van der Waals surface area (Å²) in [7, 11) is 0. The molecule has 0 bridgehead atoms. The number of phenols is 1. The van der Waals surface area contributed by atoms with Crippen LogP contribution in [-0.2, 0) is 5.41 Å². The Morgan fingerprint density at radius 3 is 1.88 bits per heavy atom. The van der Waals surface area contributed by atoms with Crippen LogP contribution in [0.25, 0.3) is 0 Å². The van der Waals surface area contributed by atoms with Crippen LogP contribution in [0.2, 0.25) is 0 Å². The van der Waals surface area contributed by atoms with Crippen molar-refractivity contribution in [1.82, 2.24) is 0 Å². The quantitative estimate of drug-likeness (QED) is 0.527. The van der Waals surface area contributed by atoms with Gasteiger partial charge in [-0.15, -0.1) is 0 Å². The normalized spacial score (nSPS) is 19.2. The molecule has 0 aromatic heterocycles. The minimum absolute atomic E-state index is 0.0584. The van der Waals surface area contributed by atoms with Gasteiger partial charge in [0.25, 0.3) is 11.8 Å².